The Morgan fingerprint density at radius 2 is 1.57 bits per heavy atom. The monoisotopic (exact) mass is 455 g/mol. The molecule has 2 rings (SSSR count). The van der Waals surface area contributed by atoms with Crippen molar-refractivity contribution in [3.63, 3.8) is 0 Å². The average Bonchev–Trinajstić information content (AvgIpc) is 2.59. The lowest BCUT2D eigenvalue weighted by molar-refractivity contribution is -0.143. The molecule has 0 aliphatic carbocycles. The molecule has 2 aromatic rings. The first-order valence-electron chi connectivity index (χ1n) is 8.21. The molecule has 1 aromatic heterocycles. The number of benzene rings is 1. The van der Waals surface area contributed by atoms with E-state index in [1.54, 1.807) is 19.1 Å². The molecule has 0 radical (unpaired) electrons. The van der Waals surface area contributed by atoms with Gasteiger partial charge in [-0.3, -0.25) is 4.79 Å². The molecule has 1 aromatic carbocycles. The van der Waals surface area contributed by atoms with E-state index in [1.807, 2.05) is 4.72 Å². The Morgan fingerprint density at radius 1 is 1.00 bits per heavy atom. The number of pyridine rings is 1. The maximum atomic E-state index is 12.9. The number of hydrogen-bond acceptors (Lipinski definition) is 4. The third-order valence-corrected chi connectivity index (χ3v) is 5.11. The van der Waals surface area contributed by atoms with Crippen LogP contribution in [0.15, 0.2) is 41.3 Å². The maximum Gasteiger partial charge on any atom is 0.416 e. The summed E-state index contributed by atoms with van der Waals surface area (Å²) < 4.78 is 103. The van der Waals surface area contributed by atoms with E-state index in [-0.39, 0.29) is 24.0 Å². The van der Waals surface area contributed by atoms with Crippen LogP contribution in [0.25, 0.3) is 0 Å². The van der Waals surface area contributed by atoms with Crippen molar-refractivity contribution in [2.24, 2.45) is 0 Å². The fourth-order valence-electron chi connectivity index (χ4n) is 2.28. The molecule has 164 valence electrons. The molecule has 6 nitrogen and oxygen atoms in total. The van der Waals surface area contributed by atoms with Crippen molar-refractivity contribution >= 4 is 21.7 Å². The molecule has 30 heavy (non-hydrogen) atoms. The largest absolute Gasteiger partial charge is 0.416 e. The zero-order valence-corrected chi connectivity index (χ0v) is 16.0. The maximum absolute atomic E-state index is 12.9. The van der Waals surface area contributed by atoms with E-state index in [4.69, 9.17) is 0 Å². The van der Waals surface area contributed by atoms with E-state index < -0.39 is 57.3 Å². The molecule has 0 spiro atoms. The highest BCUT2D eigenvalue weighted by Gasteiger charge is 2.38. The Hall–Kier alpha value is -2.67. The first-order chi connectivity index (χ1) is 13.7. The molecule has 2 N–H and O–H groups in total. The zero-order valence-electron chi connectivity index (χ0n) is 15.2. The van der Waals surface area contributed by atoms with Gasteiger partial charge >= 0.3 is 12.4 Å². The Kier molecular flexibility index (Phi) is 6.76. The number of halogens is 6. The third-order valence-electron chi connectivity index (χ3n) is 3.67. The summed E-state index contributed by atoms with van der Waals surface area (Å²) in [5, 5.41) is 2.38. The molecule has 0 aliphatic heterocycles. The topological polar surface area (TPSA) is 88.2 Å². The second-order valence-electron chi connectivity index (χ2n) is 6.10. The van der Waals surface area contributed by atoms with Gasteiger partial charge in [0.2, 0.25) is 15.9 Å². The highest BCUT2D eigenvalue weighted by atomic mass is 32.2. The van der Waals surface area contributed by atoms with Gasteiger partial charge in [-0.1, -0.05) is 6.07 Å². The number of aryl methyl sites for hydroxylation is 1. The highest BCUT2D eigenvalue weighted by Crippen LogP contribution is 2.37. The van der Waals surface area contributed by atoms with Gasteiger partial charge in [-0.25, -0.2) is 18.1 Å². The van der Waals surface area contributed by atoms with Gasteiger partial charge in [0.05, 0.1) is 16.0 Å². The van der Waals surface area contributed by atoms with Crippen LogP contribution in [-0.4, -0.2) is 25.9 Å². The number of alkyl halides is 6. The van der Waals surface area contributed by atoms with Crippen LogP contribution in [0.5, 0.6) is 0 Å². The molecule has 0 fully saturated rings. The van der Waals surface area contributed by atoms with E-state index in [0.717, 1.165) is 0 Å². The third kappa shape index (κ3) is 6.42. The smallest absolute Gasteiger partial charge is 0.311 e. The predicted molar refractivity (Wildman–Crippen MR) is 93.9 cm³/mol. The molecule has 0 saturated carbocycles. The van der Waals surface area contributed by atoms with Gasteiger partial charge in [0.15, 0.2) is 0 Å². The molecule has 0 saturated heterocycles. The van der Waals surface area contributed by atoms with Crippen molar-refractivity contribution < 1.29 is 39.6 Å². The summed E-state index contributed by atoms with van der Waals surface area (Å²) in [4.78, 5) is 14.6. The summed E-state index contributed by atoms with van der Waals surface area (Å²) in [6.45, 7) is 1.12. The first-order valence-corrected chi connectivity index (χ1v) is 9.69. The van der Waals surface area contributed by atoms with Crippen molar-refractivity contribution in [2.75, 3.05) is 11.9 Å². The van der Waals surface area contributed by atoms with E-state index in [2.05, 4.69) is 10.3 Å². The van der Waals surface area contributed by atoms with Crippen LogP contribution in [0.2, 0.25) is 0 Å². The number of nitrogens with zero attached hydrogens (tertiary/aromatic N) is 1. The lowest BCUT2D eigenvalue weighted by Crippen LogP contribution is -2.28. The SMILES string of the molecule is Cc1cccc(NC(=O)CCNS(=O)(=O)c2cc(C(F)(F)F)cc(C(F)(F)F)c2)n1. The quantitative estimate of drug-likeness (QED) is 0.650. The van der Waals surface area contributed by atoms with Crippen molar-refractivity contribution in [3.05, 3.63) is 53.2 Å². The lowest BCUT2D eigenvalue weighted by atomic mass is 10.1. The number of carbonyl (C=O) groups excluding carboxylic acids is 1. The zero-order chi connectivity index (χ0) is 22.7. The highest BCUT2D eigenvalue weighted by molar-refractivity contribution is 7.89. The number of aromatic nitrogens is 1. The average molecular weight is 455 g/mol. The summed E-state index contributed by atoms with van der Waals surface area (Å²) in [6, 6.07) is 4.78. The van der Waals surface area contributed by atoms with Crippen molar-refractivity contribution in [3.8, 4) is 0 Å². The molecule has 13 heteroatoms. The van der Waals surface area contributed by atoms with Crippen molar-refractivity contribution in [2.45, 2.75) is 30.6 Å². The fourth-order valence-corrected chi connectivity index (χ4v) is 3.38. The van der Waals surface area contributed by atoms with Crippen molar-refractivity contribution in [1.82, 2.24) is 9.71 Å². The Bertz CT molecular complexity index is 1000. The minimum absolute atomic E-state index is 0.0916. The predicted octanol–water partition coefficient (Wildman–Crippen LogP) is 3.73. The van der Waals surface area contributed by atoms with E-state index in [9.17, 15) is 39.6 Å². The van der Waals surface area contributed by atoms with E-state index >= 15 is 0 Å². The number of rotatable bonds is 6. The number of sulfonamides is 1. The van der Waals surface area contributed by atoms with Gasteiger partial charge in [0.25, 0.3) is 0 Å². The number of anilines is 1. The van der Waals surface area contributed by atoms with Crippen LogP contribution in [0.1, 0.15) is 23.2 Å². The van der Waals surface area contributed by atoms with Crippen LogP contribution in [0, 0.1) is 6.92 Å². The summed E-state index contributed by atoms with van der Waals surface area (Å²) in [6.07, 6.45) is -10.8. The summed E-state index contributed by atoms with van der Waals surface area (Å²) in [5.74, 6) is -0.452. The van der Waals surface area contributed by atoms with Gasteiger partial charge in [-0.15, -0.1) is 0 Å². The Morgan fingerprint density at radius 3 is 2.07 bits per heavy atom. The van der Waals surface area contributed by atoms with Gasteiger partial charge in [-0.2, -0.15) is 26.3 Å². The van der Waals surface area contributed by atoms with Crippen LogP contribution in [0.4, 0.5) is 32.2 Å². The van der Waals surface area contributed by atoms with E-state index in [0.29, 0.717) is 5.69 Å². The van der Waals surface area contributed by atoms with Crippen LogP contribution < -0.4 is 10.0 Å². The second kappa shape index (κ2) is 8.60. The molecule has 0 atom stereocenters. The summed E-state index contributed by atoms with van der Waals surface area (Å²) in [5.41, 5.74) is -2.92. The number of carbonyl (C=O) groups is 1. The van der Waals surface area contributed by atoms with Gasteiger partial charge in [-0.05, 0) is 37.3 Å². The normalized spacial score (nSPS) is 12.6. The molecule has 0 unspecified atom stereocenters. The summed E-state index contributed by atoms with van der Waals surface area (Å²) >= 11 is 0. The van der Waals surface area contributed by atoms with Crippen LogP contribution >= 0.6 is 0 Å². The van der Waals surface area contributed by atoms with Crippen LogP contribution in [-0.2, 0) is 27.2 Å². The van der Waals surface area contributed by atoms with Gasteiger partial charge in [0, 0.05) is 18.7 Å². The fraction of sp³-hybridized carbons (Fsp3) is 0.294. The Balaban J connectivity index is 2.14. The second-order valence-corrected chi connectivity index (χ2v) is 7.87. The number of amides is 1. The number of nitrogens with one attached hydrogen (secondary N) is 2. The number of hydrogen-bond donors (Lipinski definition) is 2. The summed E-state index contributed by atoms with van der Waals surface area (Å²) in [7, 11) is -4.75. The molecular formula is C17H15F6N3O3S. The lowest BCUT2D eigenvalue weighted by Gasteiger charge is -2.14. The minimum atomic E-state index is -5.19. The molecule has 0 aliphatic rings. The minimum Gasteiger partial charge on any atom is -0.311 e. The first kappa shape index (κ1) is 23.6. The van der Waals surface area contributed by atoms with Crippen molar-refractivity contribution in [1.29, 1.82) is 0 Å². The van der Waals surface area contributed by atoms with E-state index in [1.165, 1.54) is 6.07 Å². The van der Waals surface area contributed by atoms with Gasteiger partial charge < -0.3 is 5.32 Å². The molecule has 1 amide bonds. The van der Waals surface area contributed by atoms with Gasteiger partial charge in [0.1, 0.15) is 5.82 Å². The molecular weight excluding hydrogens is 440 g/mol. The van der Waals surface area contributed by atoms with Crippen LogP contribution in [0.3, 0.4) is 0 Å². The standard InChI is InChI=1S/C17H15F6N3O3S/c1-10-3-2-4-14(25-10)26-15(27)5-6-24-30(28,29)13-8-11(16(18,19)20)7-12(9-13)17(21,22)23/h2-4,7-9,24H,5-6H2,1H3,(H,25,26,27). The Labute approximate surface area is 167 Å². The molecule has 1 heterocycles. The molecule has 0 bridgehead atoms.